The third kappa shape index (κ3) is 6.24. The van der Waals surface area contributed by atoms with Gasteiger partial charge in [-0.2, -0.15) is 0 Å². The van der Waals surface area contributed by atoms with Crippen LogP contribution in [-0.2, 0) is 9.59 Å². The number of para-hydroxylation sites is 1. The molecule has 3 aromatic rings. The summed E-state index contributed by atoms with van der Waals surface area (Å²) in [6.45, 7) is 0.534. The molecule has 10 nitrogen and oxygen atoms in total. The first-order valence-electron chi connectivity index (χ1n) is 13.2. The zero-order valence-electron chi connectivity index (χ0n) is 21.3. The van der Waals surface area contributed by atoms with Crippen molar-refractivity contribution in [2.45, 2.75) is 56.9 Å². The highest BCUT2D eigenvalue weighted by Gasteiger charge is 2.35. The molecule has 39 heavy (non-hydrogen) atoms. The minimum atomic E-state index is -0.914. The fourth-order valence-electron chi connectivity index (χ4n) is 5.45. The third-order valence-electron chi connectivity index (χ3n) is 7.54. The van der Waals surface area contributed by atoms with E-state index in [-0.39, 0.29) is 29.4 Å². The molecule has 5 rings (SSSR count). The van der Waals surface area contributed by atoms with E-state index in [1.165, 1.54) is 17.0 Å². The second-order valence-corrected chi connectivity index (χ2v) is 10.1. The lowest BCUT2D eigenvalue weighted by atomic mass is 9.77. The third-order valence-corrected chi connectivity index (χ3v) is 7.54. The number of rotatable bonds is 8. The molecule has 1 aromatic heterocycles. The van der Waals surface area contributed by atoms with Crippen molar-refractivity contribution in [1.82, 2.24) is 15.1 Å². The van der Waals surface area contributed by atoms with Gasteiger partial charge in [-0.15, -0.1) is 5.10 Å². The molecule has 204 valence electrons. The molecular weight excluding hydrogens is 505 g/mol. The number of amides is 2. The number of nitrogens with zero attached hydrogens (tertiary/aromatic N) is 3. The van der Waals surface area contributed by atoms with Crippen molar-refractivity contribution in [3.63, 3.8) is 0 Å². The Morgan fingerprint density at radius 1 is 1.00 bits per heavy atom. The number of benzene rings is 2. The number of carbonyl (C=O) groups is 3. The van der Waals surface area contributed by atoms with Gasteiger partial charge in [-0.3, -0.25) is 9.59 Å². The average molecular weight is 536 g/mol. The van der Waals surface area contributed by atoms with E-state index >= 15 is 0 Å². The zero-order valence-corrected chi connectivity index (χ0v) is 21.3. The lowest BCUT2D eigenvalue weighted by Crippen LogP contribution is -2.41. The van der Waals surface area contributed by atoms with Gasteiger partial charge in [0, 0.05) is 18.7 Å². The average Bonchev–Trinajstić information content (AvgIpc) is 3.62. The molecule has 0 unspecified atom stereocenters. The molecule has 2 aromatic carbocycles. The summed E-state index contributed by atoms with van der Waals surface area (Å²) in [6.07, 6.45) is 5.43. The van der Waals surface area contributed by atoms with Crippen molar-refractivity contribution in [1.29, 1.82) is 0 Å². The second-order valence-electron chi connectivity index (χ2n) is 10.1. The highest BCUT2D eigenvalue weighted by atomic mass is 19.1. The number of carboxylic acid groups (broad SMARTS) is 1. The quantitative estimate of drug-likeness (QED) is 0.369. The topological polar surface area (TPSA) is 138 Å². The van der Waals surface area contributed by atoms with Gasteiger partial charge in [0.25, 0.3) is 0 Å². The lowest BCUT2D eigenvalue weighted by molar-refractivity contribution is -0.148. The van der Waals surface area contributed by atoms with Crippen LogP contribution in [0.2, 0.25) is 0 Å². The van der Waals surface area contributed by atoms with Gasteiger partial charge in [-0.25, -0.2) is 9.18 Å². The molecule has 1 aliphatic carbocycles. The molecule has 1 saturated heterocycles. The summed E-state index contributed by atoms with van der Waals surface area (Å²) < 4.78 is 19.1. The normalized spacial score (nSPS) is 20.9. The van der Waals surface area contributed by atoms with Gasteiger partial charge in [0.2, 0.25) is 5.91 Å². The van der Waals surface area contributed by atoms with E-state index in [1.807, 2.05) is 24.3 Å². The van der Waals surface area contributed by atoms with Crippen LogP contribution in [0.5, 0.6) is 0 Å². The van der Waals surface area contributed by atoms with Gasteiger partial charge in [-0.05, 0) is 80.2 Å². The van der Waals surface area contributed by atoms with Crippen LogP contribution in [0.25, 0.3) is 0 Å². The van der Waals surface area contributed by atoms with Crippen molar-refractivity contribution in [3.8, 4) is 0 Å². The number of carbonyl (C=O) groups excluding carboxylic acids is 2. The monoisotopic (exact) mass is 535 g/mol. The SMILES string of the molecule is O=C(Nc1ccc([C@H]2CC[C@H](CC(=O)N3CCC[C@@H]3C(=O)O)CC2)cc1)c1nnc(Nc2ccccc2F)o1. The van der Waals surface area contributed by atoms with Crippen molar-refractivity contribution in [2.24, 2.45) is 5.92 Å². The van der Waals surface area contributed by atoms with Gasteiger partial charge in [0.05, 0.1) is 5.69 Å². The number of aliphatic carboxylic acids is 1. The molecule has 3 N–H and O–H groups in total. The number of carboxylic acids is 1. The Hall–Kier alpha value is -4.28. The van der Waals surface area contributed by atoms with Crippen LogP contribution in [0.3, 0.4) is 0 Å². The van der Waals surface area contributed by atoms with Crippen molar-refractivity contribution in [3.05, 3.63) is 65.8 Å². The van der Waals surface area contributed by atoms with Crippen molar-refractivity contribution in [2.75, 3.05) is 17.2 Å². The number of halogens is 1. The van der Waals surface area contributed by atoms with Crippen LogP contribution in [0.4, 0.5) is 21.8 Å². The van der Waals surface area contributed by atoms with Gasteiger partial charge in [0.15, 0.2) is 0 Å². The maximum Gasteiger partial charge on any atom is 0.326 e. The summed E-state index contributed by atoms with van der Waals surface area (Å²) in [4.78, 5) is 38.2. The zero-order chi connectivity index (χ0) is 27.4. The maximum absolute atomic E-state index is 13.8. The Bertz CT molecular complexity index is 1340. The van der Waals surface area contributed by atoms with E-state index in [0.717, 1.165) is 37.7 Å². The van der Waals surface area contributed by atoms with Gasteiger partial charge in [-0.1, -0.05) is 29.4 Å². The highest BCUT2D eigenvalue weighted by Crippen LogP contribution is 2.38. The molecule has 2 heterocycles. The smallest absolute Gasteiger partial charge is 0.326 e. The number of hydrogen-bond acceptors (Lipinski definition) is 7. The Labute approximate surface area is 224 Å². The van der Waals surface area contributed by atoms with E-state index in [2.05, 4.69) is 20.8 Å². The fraction of sp³-hybridized carbons (Fsp3) is 0.393. The van der Waals surface area contributed by atoms with Crippen LogP contribution in [0.1, 0.15) is 67.1 Å². The molecule has 11 heteroatoms. The largest absolute Gasteiger partial charge is 0.480 e. The van der Waals surface area contributed by atoms with Crippen LogP contribution in [-0.4, -0.2) is 50.6 Å². The number of aromatic nitrogens is 2. The first-order chi connectivity index (χ1) is 18.9. The highest BCUT2D eigenvalue weighted by molar-refractivity contribution is 6.00. The van der Waals surface area contributed by atoms with Crippen LogP contribution >= 0.6 is 0 Å². The first-order valence-corrected chi connectivity index (χ1v) is 13.2. The first kappa shape index (κ1) is 26.3. The standard InChI is InChI=1S/C28H30FN5O5/c29-21-4-1-2-5-22(21)31-28-33-32-26(39-28)25(36)30-20-13-11-19(12-14-20)18-9-7-17(8-10-18)16-24(35)34-15-3-6-23(34)27(37)38/h1-2,4-5,11-14,17-18,23H,3,6-10,15-16H2,(H,30,36)(H,31,33)(H,37,38)/t17-,18-,23-/m1/s1. The Morgan fingerprint density at radius 2 is 1.74 bits per heavy atom. The van der Waals surface area contributed by atoms with E-state index in [9.17, 15) is 23.9 Å². The summed E-state index contributed by atoms with van der Waals surface area (Å²) in [6, 6.07) is 12.8. The summed E-state index contributed by atoms with van der Waals surface area (Å²) in [5.41, 5.74) is 1.89. The van der Waals surface area contributed by atoms with Crippen LogP contribution in [0.15, 0.2) is 52.9 Å². The van der Waals surface area contributed by atoms with E-state index in [4.69, 9.17) is 4.42 Å². The minimum absolute atomic E-state index is 0.0418. The molecule has 2 fully saturated rings. The van der Waals surface area contributed by atoms with Crippen LogP contribution in [0, 0.1) is 11.7 Å². The summed E-state index contributed by atoms with van der Waals surface area (Å²) >= 11 is 0. The van der Waals surface area contributed by atoms with Gasteiger partial charge in [0.1, 0.15) is 11.9 Å². The number of anilines is 3. The van der Waals surface area contributed by atoms with Gasteiger partial charge < -0.3 is 25.1 Å². The second kappa shape index (κ2) is 11.6. The van der Waals surface area contributed by atoms with Gasteiger partial charge >= 0.3 is 23.8 Å². The molecule has 1 saturated carbocycles. The van der Waals surface area contributed by atoms with Crippen molar-refractivity contribution >= 4 is 35.2 Å². The molecule has 2 aliphatic rings. The summed E-state index contributed by atoms with van der Waals surface area (Å²) in [5.74, 6) is -1.64. The predicted molar refractivity (Wildman–Crippen MR) is 140 cm³/mol. The summed E-state index contributed by atoms with van der Waals surface area (Å²) in [7, 11) is 0. The minimum Gasteiger partial charge on any atom is -0.480 e. The lowest BCUT2D eigenvalue weighted by Gasteiger charge is -2.30. The molecule has 0 spiro atoms. The Kier molecular flexibility index (Phi) is 7.85. The molecular formula is C28H30FN5O5. The molecule has 1 atom stereocenters. The summed E-state index contributed by atoms with van der Waals surface area (Å²) in [5, 5.41) is 22.2. The van der Waals surface area contributed by atoms with E-state index < -0.39 is 23.7 Å². The Morgan fingerprint density at radius 3 is 2.46 bits per heavy atom. The number of hydrogen-bond donors (Lipinski definition) is 3. The maximum atomic E-state index is 13.8. The van der Waals surface area contributed by atoms with E-state index in [0.29, 0.717) is 31.0 Å². The van der Waals surface area contributed by atoms with E-state index in [1.54, 1.807) is 12.1 Å². The Balaban J connectivity index is 1.10. The molecule has 0 bridgehead atoms. The molecule has 2 amide bonds. The number of likely N-dealkylation sites (tertiary alicyclic amines) is 1. The predicted octanol–water partition coefficient (Wildman–Crippen LogP) is 4.94. The molecule has 0 radical (unpaired) electrons. The fourth-order valence-corrected chi connectivity index (χ4v) is 5.45. The molecule has 1 aliphatic heterocycles. The van der Waals surface area contributed by atoms with Crippen molar-refractivity contribution < 1.29 is 28.3 Å². The number of nitrogens with one attached hydrogen (secondary N) is 2. The van der Waals surface area contributed by atoms with Crippen LogP contribution < -0.4 is 10.6 Å².